The average Bonchev–Trinajstić information content (AvgIpc) is 2.38. The maximum absolute atomic E-state index is 13.3. The first kappa shape index (κ1) is 15.1. The predicted molar refractivity (Wildman–Crippen MR) is 67.9 cm³/mol. The molecule has 0 N–H and O–H groups in total. The first-order valence-electron chi connectivity index (χ1n) is 6.39. The van der Waals surface area contributed by atoms with Crippen LogP contribution in [0.15, 0.2) is 18.2 Å². The smallest absolute Gasteiger partial charge is 0.492 e. The Hall–Kier alpha value is -1.28. The van der Waals surface area contributed by atoms with Crippen molar-refractivity contribution in [3.05, 3.63) is 24.0 Å². The Morgan fingerprint density at radius 1 is 1.20 bits per heavy atom. The molecule has 0 bridgehead atoms. The van der Waals surface area contributed by atoms with Crippen LogP contribution < -0.4 is 10.2 Å². The molecule has 112 valence electrons. The second kappa shape index (κ2) is 6.45. The molecule has 3 nitrogen and oxygen atoms in total. The molecule has 0 amide bonds. The summed E-state index contributed by atoms with van der Waals surface area (Å²) in [6.45, 7) is -1.46. The second-order valence-electron chi connectivity index (χ2n) is 4.56. The third kappa shape index (κ3) is 4.11. The number of rotatable bonds is 5. The predicted octanol–water partition coefficient (Wildman–Crippen LogP) is 1.59. The lowest BCUT2D eigenvalue weighted by molar-refractivity contribution is 0.0322. The Morgan fingerprint density at radius 3 is 2.50 bits per heavy atom. The maximum Gasteiger partial charge on any atom is 0.512 e. The van der Waals surface area contributed by atoms with Crippen molar-refractivity contribution in [3.8, 4) is 5.75 Å². The van der Waals surface area contributed by atoms with Gasteiger partial charge in [-0.05, 0) is 6.07 Å². The van der Waals surface area contributed by atoms with Gasteiger partial charge in [-0.15, -0.1) is 0 Å². The number of hydrogen-bond donors (Lipinski definition) is 0. The lowest BCUT2D eigenvalue weighted by atomic mass is 9.80. The van der Waals surface area contributed by atoms with E-state index in [4.69, 9.17) is 9.47 Å². The highest BCUT2D eigenvalue weighted by Crippen LogP contribution is 2.16. The molecule has 20 heavy (non-hydrogen) atoms. The summed E-state index contributed by atoms with van der Waals surface area (Å²) in [6.07, 6.45) is 0. The van der Waals surface area contributed by atoms with E-state index in [0.29, 0.717) is 26.4 Å². The van der Waals surface area contributed by atoms with Crippen LogP contribution in [-0.4, -0.2) is 51.3 Å². The van der Waals surface area contributed by atoms with Crippen molar-refractivity contribution in [1.82, 2.24) is 4.90 Å². The van der Waals surface area contributed by atoms with Crippen molar-refractivity contribution in [3.63, 3.8) is 0 Å². The summed E-state index contributed by atoms with van der Waals surface area (Å²) in [5, 5.41) is 0. The fourth-order valence-corrected chi connectivity index (χ4v) is 1.98. The molecular weight excluding hydrogens is 277 g/mol. The van der Waals surface area contributed by atoms with Crippen LogP contribution in [0.2, 0.25) is 0 Å². The van der Waals surface area contributed by atoms with Crippen LogP contribution >= 0.6 is 0 Å². The second-order valence-corrected chi connectivity index (χ2v) is 4.56. The molecule has 1 saturated heterocycles. The Bertz CT molecular complexity index is 450. The molecule has 0 atom stereocenters. The van der Waals surface area contributed by atoms with Crippen molar-refractivity contribution in [2.24, 2.45) is 0 Å². The zero-order chi connectivity index (χ0) is 14.6. The minimum Gasteiger partial charge on any atom is -0.492 e. The molecule has 0 saturated carbocycles. The molecule has 1 fully saturated rings. The summed E-state index contributed by atoms with van der Waals surface area (Å²) < 4.78 is 61.1. The van der Waals surface area contributed by atoms with E-state index in [1.807, 2.05) is 0 Å². The maximum atomic E-state index is 13.3. The zero-order valence-electron chi connectivity index (χ0n) is 10.8. The van der Waals surface area contributed by atoms with Gasteiger partial charge < -0.3 is 22.4 Å². The summed E-state index contributed by atoms with van der Waals surface area (Å²) in [5.74, 6) is -1.18. The van der Waals surface area contributed by atoms with Gasteiger partial charge in [0.25, 0.3) is 0 Å². The van der Waals surface area contributed by atoms with Crippen LogP contribution in [0.25, 0.3) is 0 Å². The van der Waals surface area contributed by atoms with Crippen molar-refractivity contribution in [2.75, 3.05) is 39.5 Å². The van der Waals surface area contributed by atoms with Crippen LogP contribution in [0.1, 0.15) is 0 Å². The highest BCUT2D eigenvalue weighted by Gasteiger charge is 2.28. The monoisotopic (exact) mass is 292 g/mol. The van der Waals surface area contributed by atoms with E-state index < -0.39 is 18.3 Å². The third-order valence-electron chi connectivity index (χ3n) is 3.10. The summed E-state index contributed by atoms with van der Waals surface area (Å²) in [4.78, 5) is 2.12. The van der Waals surface area contributed by atoms with Crippen LogP contribution in [0.5, 0.6) is 5.75 Å². The van der Waals surface area contributed by atoms with E-state index in [-0.39, 0.29) is 5.75 Å². The number of benzene rings is 1. The molecule has 0 aliphatic carbocycles. The van der Waals surface area contributed by atoms with E-state index in [1.54, 1.807) is 0 Å². The molecule has 1 heterocycles. The molecule has 0 unspecified atom stereocenters. The minimum absolute atomic E-state index is 0.111. The molecule has 2 rings (SSSR count). The number of halogens is 4. The van der Waals surface area contributed by atoms with E-state index in [9.17, 15) is 17.3 Å². The molecule has 0 radical (unpaired) electrons. The van der Waals surface area contributed by atoms with Crippen LogP contribution in [0, 0.1) is 5.82 Å². The lowest BCUT2D eigenvalue weighted by Gasteiger charge is -2.26. The van der Waals surface area contributed by atoms with Crippen molar-refractivity contribution < 1.29 is 26.8 Å². The van der Waals surface area contributed by atoms with Gasteiger partial charge in [-0.25, -0.2) is 4.39 Å². The largest absolute Gasteiger partial charge is 0.512 e. The van der Waals surface area contributed by atoms with E-state index in [0.717, 1.165) is 31.3 Å². The van der Waals surface area contributed by atoms with Crippen LogP contribution in [0.4, 0.5) is 17.3 Å². The standard InChI is InChI=1S/C12H15BF4NO2/c14-12-9-10(1-2-11(12)13(15,16)17)20-8-5-18-3-6-19-7-4-18/h1-2,9H,3-8H2/q-1. The van der Waals surface area contributed by atoms with Gasteiger partial charge in [0.15, 0.2) is 0 Å². The van der Waals surface area contributed by atoms with Gasteiger partial charge >= 0.3 is 6.98 Å². The Balaban J connectivity index is 1.85. The third-order valence-corrected chi connectivity index (χ3v) is 3.10. The highest BCUT2D eigenvalue weighted by molar-refractivity contribution is 6.73. The van der Waals surface area contributed by atoms with Gasteiger partial charge in [0.2, 0.25) is 0 Å². The fraction of sp³-hybridized carbons (Fsp3) is 0.500. The fourth-order valence-electron chi connectivity index (χ4n) is 1.98. The lowest BCUT2D eigenvalue weighted by Crippen LogP contribution is -2.38. The highest BCUT2D eigenvalue weighted by atomic mass is 19.4. The number of ether oxygens (including phenoxy) is 2. The first-order chi connectivity index (χ1) is 9.47. The quantitative estimate of drug-likeness (QED) is 0.607. The van der Waals surface area contributed by atoms with Gasteiger partial charge in [-0.2, -0.15) is 0 Å². The van der Waals surface area contributed by atoms with Crippen molar-refractivity contribution in [2.45, 2.75) is 0 Å². The summed E-state index contributed by atoms with van der Waals surface area (Å²) in [6, 6.07) is 2.65. The van der Waals surface area contributed by atoms with E-state index in [2.05, 4.69) is 4.90 Å². The van der Waals surface area contributed by atoms with Gasteiger partial charge in [0.05, 0.1) is 19.0 Å². The van der Waals surface area contributed by atoms with E-state index >= 15 is 0 Å². The number of hydrogen-bond acceptors (Lipinski definition) is 3. The molecule has 0 spiro atoms. The number of nitrogens with zero attached hydrogens (tertiary/aromatic N) is 1. The molecule has 8 heteroatoms. The van der Waals surface area contributed by atoms with Crippen molar-refractivity contribution >= 4 is 12.4 Å². The Kier molecular flexibility index (Phi) is 4.88. The Labute approximate surface area is 114 Å². The molecule has 0 aromatic heterocycles. The zero-order valence-corrected chi connectivity index (χ0v) is 10.8. The van der Waals surface area contributed by atoms with Gasteiger partial charge in [-0.3, -0.25) is 4.90 Å². The molecule has 1 aliphatic heterocycles. The molecule has 1 aliphatic rings. The normalized spacial score (nSPS) is 17.2. The summed E-state index contributed by atoms with van der Waals surface area (Å²) in [5.41, 5.74) is -1.22. The van der Waals surface area contributed by atoms with E-state index in [1.165, 1.54) is 0 Å². The molecule has 1 aromatic rings. The van der Waals surface area contributed by atoms with Gasteiger partial charge in [0.1, 0.15) is 12.4 Å². The van der Waals surface area contributed by atoms with Crippen molar-refractivity contribution in [1.29, 1.82) is 0 Å². The summed E-state index contributed by atoms with van der Waals surface area (Å²) >= 11 is 0. The topological polar surface area (TPSA) is 21.7 Å². The molecular formula is C12H15BF4NO2-. The van der Waals surface area contributed by atoms with Crippen LogP contribution in [0.3, 0.4) is 0 Å². The SMILES string of the molecule is Fc1cc(OCCN2CCOCC2)ccc1[B-](F)(F)F. The first-order valence-corrected chi connectivity index (χ1v) is 6.39. The van der Waals surface area contributed by atoms with Crippen LogP contribution in [-0.2, 0) is 4.74 Å². The molecule has 1 aromatic carbocycles. The van der Waals surface area contributed by atoms with Gasteiger partial charge in [-0.1, -0.05) is 11.5 Å². The average molecular weight is 292 g/mol. The van der Waals surface area contributed by atoms with Gasteiger partial charge in [0, 0.05) is 25.7 Å². The summed E-state index contributed by atoms with van der Waals surface area (Å²) in [7, 11) is 0. The number of morpholine rings is 1. The minimum atomic E-state index is -5.33. The Morgan fingerprint density at radius 2 is 1.90 bits per heavy atom.